The molecule has 26 heavy (non-hydrogen) atoms. The number of carboxylic acid groups (broad SMARTS) is 1. The van der Waals surface area contributed by atoms with Gasteiger partial charge in [-0.15, -0.1) is 0 Å². The summed E-state index contributed by atoms with van der Waals surface area (Å²) in [6.07, 6.45) is 0. The predicted octanol–water partition coefficient (Wildman–Crippen LogP) is 3.26. The van der Waals surface area contributed by atoms with E-state index < -0.39 is 18.6 Å². The van der Waals surface area contributed by atoms with Crippen LogP contribution in [0.2, 0.25) is 0 Å². The van der Waals surface area contributed by atoms with E-state index in [1.165, 1.54) is 16.7 Å². The summed E-state index contributed by atoms with van der Waals surface area (Å²) in [5.41, 5.74) is 8.77. The molecule has 0 unspecified atom stereocenters. The lowest BCUT2D eigenvalue weighted by Crippen LogP contribution is -2.33. The van der Waals surface area contributed by atoms with Gasteiger partial charge in [-0.25, -0.2) is 0 Å². The molecule has 4 N–H and O–H groups in total. The van der Waals surface area contributed by atoms with Crippen LogP contribution >= 0.6 is 0 Å². The molecule has 0 aromatic heterocycles. The average molecular weight is 349 g/mol. The third-order valence-corrected chi connectivity index (χ3v) is 3.91. The molecule has 0 aliphatic carbocycles. The van der Waals surface area contributed by atoms with E-state index in [0.29, 0.717) is 5.92 Å². The quantitative estimate of drug-likeness (QED) is 0.617. The molecule has 0 aliphatic heterocycles. The van der Waals surface area contributed by atoms with Crippen molar-refractivity contribution in [1.82, 2.24) is 0 Å². The van der Waals surface area contributed by atoms with E-state index in [-0.39, 0.29) is 0 Å². The largest absolute Gasteiger partial charge is 0.480 e. The highest BCUT2D eigenvalue weighted by Gasteiger charge is 2.15. The molecule has 4 heteroatoms. The van der Waals surface area contributed by atoms with E-state index in [1.807, 2.05) is 0 Å². The number of hydrogen-bond donors (Lipinski definition) is 3. The molecule has 0 bridgehead atoms. The van der Waals surface area contributed by atoms with Crippen LogP contribution in [0.4, 0.5) is 0 Å². The average Bonchev–Trinajstić information content (AvgIpc) is 2.70. The Labute approximate surface area is 153 Å². The molecule has 0 heterocycles. The molecule has 0 aliphatic rings. The molecule has 0 saturated heterocycles. The smallest absolute Gasteiger partial charge is 0.322 e. The Hall–Kier alpha value is -2.95. The van der Waals surface area contributed by atoms with E-state index >= 15 is 0 Å². The van der Waals surface area contributed by atoms with Crippen LogP contribution in [0.15, 0.2) is 91.0 Å². The van der Waals surface area contributed by atoms with Gasteiger partial charge in [-0.05, 0) is 16.7 Å². The second kappa shape index (κ2) is 10.1. The van der Waals surface area contributed by atoms with Crippen LogP contribution < -0.4 is 5.73 Å². The molecule has 3 aromatic carbocycles. The third-order valence-electron chi connectivity index (χ3n) is 3.91. The van der Waals surface area contributed by atoms with Gasteiger partial charge in [0.05, 0.1) is 6.61 Å². The fourth-order valence-electron chi connectivity index (χ4n) is 2.59. The lowest BCUT2D eigenvalue weighted by Gasteiger charge is -2.18. The van der Waals surface area contributed by atoms with E-state index in [9.17, 15) is 4.79 Å². The molecule has 1 atom stereocenters. The van der Waals surface area contributed by atoms with Crippen LogP contribution in [0.25, 0.3) is 0 Å². The van der Waals surface area contributed by atoms with Crippen molar-refractivity contribution in [3.8, 4) is 0 Å². The van der Waals surface area contributed by atoms with Gasteiger partial charge in [0, 0.05) is 5.92 Å². The van der Waals surface area contributed by atoms with Crippen LogP contribution in [-0.4, -0.2) is 28.8 Å². The van der Waals surface area contributed by atoms with E-state index in [0.717, 1.165) is 0 Å². The molecule has 134 valence electrons. The van der Waals surface area contributed by atoms with Crippen molar-refractivity contribution >= 4 is 5.97 Å². The number of aliphatic carboxylic acids is 1. The normalized spacial score (nSPS) is 11.3. The summed E-state index contributed by atoms with van der Waals surface area (Å²) >= 11 is 0. The minimum absolute atomic E-state index is 0.309. The summed E-state index contributed by atoms with van der Waals surface area (Å²) in [4.78, 5) is 9.65. The summed E-state index contributed by atoms with van der Waals surface area (Å²) in [7, 11) is 0. The van der Waals surface area contributed by atoms with Crippen molar-refractivity contribution in [1.29, 1.82) is 0 Å². The molecule has 4 nitrogen and oxygen atoms in total. The lowest BCUT2D eigenvalue weighted by molar-refractivity contribution is -0.139. The molecule has 3 rings (SSSR count). The fourth-order valence-corrected chi connectivity index (χ4v) is 2.59. The van der Waals surface area contributed by atoms with E-state index in [4.69, 9.17) is 15.9 Å². The maximum absolute atomic E-state index is 9.65. The minimum Gasteiger partial charge on any atom is -0.480 e. The summed E-state index contributed by atoms with van der Waals surface area (Å²) < 4.78 is 0. The van der Waals surface area contributed by atoms with Gasteiger partial charge < -0.3 is 15.9 Å². The van der Waals surface area contributed by atoms with Gasteiger partial charge in [0.1, 0.15) is 6.04 Å². The van der Waals surface area contributed by atoms with Gasteiger partial charge >= 0.3 is 5.97 Å². The number of benzene rings is 3. The van der Waals surface area contributed by atoms with Gasteiger partial charge in [-0.3, -0.25) is 4.79 Å². The summed E-state index contributed by atoms with van der Waals surface area (Å²) in [6, 6.07) is 30.9. The van der Waals surface area contributed by atoms with Crippen LogP contribution in [-0.2, 0) is 4.79 Å². The van der Waals surface area contributed by atoms with Crippen molar-refractivity contribution in [3.63, 3.8) is 0 Å². The summed E-state index contributed by atoms with van der Waals surface area (Å²) in [6.45, 7) is -0.505. The van der Waals surface area contributed by atoms with Gasteiger partial charge in [0.25, 0.3) is 0 Å². The summed E-state index contributed by atoms with van der Waals surface area (Å²) in [5, 5.41) is 15.9. The van der Waals surface area contributed by atoms with Crippen molar-refractivity contribution in [2.24, 2.45) is 5.73 Å². The maximum Gasteiger partial charge on any atom is 0.322 e. The zero-order valence-corrected chi connectivity index (χ0v) is 14.4. The second-order valence-corrected chi connectivity index (χ2v) is 5.79. The lowest BCUT2D eigenvalue weighted by atomic mass is 9.85. The monoisotopic (exact) mass is 349 g/mol. The Morgan fingerprint density at radius 2 is 1.04 bits per heavy atom. The second-order valence-electron chi connectivity index (χ2n) is 5.79. The maximum atomic E-state index is 9.65. The van der Waals surface area contributed by atoms with Gasteiger partial charge in [-0.2, -0.15) is 0 Å². The topological polar surface area (TPSA) is 83.5 Å². The van der Waals surface area contributed by atoms with Crippen LogP contribution in [0.1, 0.15) is 22.6 Å². The number of carboxylic acids is 1. The van der Waals surface area contributed by atoms with Gasteiger partial charge in [0.2, 0.25) is 0 Å². The molecule has 0 saturated carbocycles. The Balaban J connectivity index is 0.000000298. The Kier molecular flexibility index (Phi) is 7.55. The van der Waals surface area contributed by atoms with Gasteiger partial charge in [-0.1, -0.05) is 91.0 Å². The molecule has 3 aromatic rings. The first-order valence-corrected chi connectivity index (χ1v) is 8.37. The number of nitrogens with two attached hydrogens (primary N) is 1. The van der Waals surface area contributed by atoms with Crippen LogP contribution in [0, 0.1) is 0 Å². The van der Waals surface area contributed by atoms with Crippen molar-refractivity contribution < 1.29 is 15.0 Å². The Morgan fingerprint density at radius 1 is 0.731 bits per heavy atom. The first-order valence-electron chi connectivity index (χ1n) is 8.37. The predicted molar refractivity (Wildman–Crippen MR) is 103 cm³/mol. The first kappa shape index (κ1) is 19.4. The van der Waals surface area contributed by atoms with Crippen molar-refractivity contribution in [2.45, 2.75) is 12.0 Å². The van der Waals surface area contributed by atoms with Crippen molar-refractivity contribution in [3.05, 3.63) is 108 Å². The molecular weight excluding hydrogens is 326 g/mol. The number of rotatable bonds is 5. The third kappa shape index (κ3) is 5.55. The Bertz CT molecular complexity index is 682. The highest BCUT2D eigenvalue weighted by Crippen LogP contribution is 2.31. The molecular formula is C22H23NO3. The molecule has 0 spiro atoms. The minimum atomic E-state index is -1.18. The zero-order chi connectivity index (χ0) is 18.8. The fraction of sp³-hybridized carbons (Fsp3) is 0.136. The standard InChI is InChI=1S/C19H16.C3H7NO3/c1-4-10-16(11-5-1)19(17-12-6-2-7-13-17)18-14-8-3-9-15-18;4-2(1-5)3(6)7/h1-15,19H;2,5H,1,4H2,(H,6,7)/t;2-/m.0/s1. The Morgan fingerprint density at radius 3 is 1.23 bits per heavy atom. The summed E-state index contributed by atoms with van der Waals surface area (Å²) in [5.74, 6) is -0.869. The van der Waals surface area contributed by atoms with Crippen LogP contribution in [0.5, 0.6) is 0 Å². The zero-order valence-electron chi connectivity index (χ0n) is 14.4. The van der Waals surface area contributed by atoms with E-state index in [1.54, 1.807) is 0 Å². The SMILES string of the molecule is N[C@@H](CO)C(=O)O.c1ccc(C(c2ccccc2)c2ccccc2)cc1. The number of carbonyl (C=O) groups is 1. The molecule has 0 amide bonds. The highest BCUT2D eigenvalue weighted by molar-refractivity contribution is 5.73. The van der Waals surface area contributed by atoms with Gasteiger partial charge in [0.15, 0.2) is 0 Å². The number of aliphatic hydroxyl groups is 1. The highest BCUT2D eigenvalue weighted by atomic mass is 16.4. The molecule has 0 fully saturated rings. The molecule has 0 radical (unpaired) electrons. The van der Waals surface area contributed by atoms with Crippen LogP contribution in [0.3, 0.4) is 0 Å². The van der Waals surface area contributed by atoms with E-state index in [2.05, 4.69) is 91.0 Å². The first-order chi connectivity index (χ1) is 12.6. The number of aliphatic hydroxyl groups excluding tert-OH is 1. The van der Waals surface area contributed by atoms with Crippen molar-refractivity contribution in [2.75, 3.05) is 6.61 Å². The number of hydrogen-bond acceptors (Lipinski definition) is 3.